The molecule has 0 aliphatic carbocycles. The van der Waals surface area contributed by atoms with Gasteiger partial charge < -0.3 is 5.32 Å². The maximum atomic E-state index is 11.4. The predicted octanol–water partition coefficient (Wildman–Crippen LogP) is 3.17. The van der Waals surface area contributed by atoms with Crippen LogP contribution < -0.4 is 5.32 Å². The summed E-state index contributed by atoms with van der Waals surface area (Å²) in [6.07, 6.45) is 0.941. The fourth-order valence-electron chi connectivity index (χ4n) is 1.16. The molecular weight excluding hydrogens is 247 g/mol. The Morgan fingerprint density at radius 1 is 1.50 bits per heavy atom. The summed E-state index contributed by atoms with van der Waals surface area (Å²) in [6, 6.07) is 6.71. The van der Waals surface area contributed by atoms with E-state index < -0.39 is 0 Å². The smallest absolute Gasteiger partial charge is 0.224 e. The zero-order valence-corrected chi connectivity index (χ0v) is 9.98. The van der Waals surface area contributed by atoms with E-state index >= 15 is 0 Å². The lowest BCUT2D eigenvalue weighted by Crippen LogP contribution is -2.12. The minimum atomic E-state index is -0.167. The summed E-state index contributed by atoms with van der Waals surface area (Å²) in [6.45, 7) is 0. The molecule has 1 amide bonds. The Morgan fingerprint density at radius 3 is 2.88 bits per heavy atom. The SMILES string of the molecule is N#Cc1ccc(Cl)cc1NC(=O)CCCCl. The van der Waals surface area contributed by atoms with Gasteiger partial charge in [0.2, 0.25) is 5.91 Å². The van der Waals surface area contributed by atoms with Gasteiger partial charge in [0, 0.05) is 17.3 Å². The van der Waals surface area contributed by atoms with Crippen LogP contribution in [0.2, 0.25) is 5.02 Å². The maximum absolute atomic E-state index is 11.4. The third kappa shape index (κ3) is 3.73. The molecule has 0 saturated heterocycles. The molecule has 0 spiro atoms. The van der Waals surface area contributed by atoms with Gasteiger partial charge in [-0.05, 0) is 24.6 Å². The van der Waals surface area contributed by atoms with Gasteiger partial charge in [-0.2, -0.15) is 5.26 Å². The van der Waals surface area contributed by atoms with Crippen LogP contribution in [0, 0.1) is 11.3 Å². The summed E-state index contributed by atoms with van der Waals surface area (Å²) in [5.41, 5.74) is 0.832. The number of hydrogen-bond donors (Lipinski definition) is 1. The Hall–Kier alpha value is -1.24. The van der Waals surface area contributed by atoms with Crippen LogP contribution in [0.4, 0.5) is 5.69 Å². The molecule has 0 saturated carbocycles. The van der Waals surface area contributed by atoms with E-state index in [1.54, 1.807) is 18.2 Å². The van der Waals surface area contributed by atoms with E-state index in [9.17, 15) is 4.79 Å². The van der Waals surface area contributed by atoms with E-state index in [-0.39, 0.29) is 5.91 Å². The number of benzene rings is 1. The quantitative estimate of drug-likeness (QED) is 0.842. The normalized spacial score (nSPS) is 9.56. The first-order valence-electron chi connectivity index (χ1n) is 4.73. The number of rotatable bonds is 4. The van der Waals surface area contributed by atoms with E-state index in [0.29, 0.717) is 35.0 Å². The second-order valence-electron chi connectivity index (χ2n) is 3.14. The molecule has 1 rings (SSSR count). The average molecular weight is 257 g/mol. The van der Waals surface area contributed by atoms with E-state index in [0.717, 1.165) is 0 Å². The van der Waals surface area contributed by atoms with Gasteiger partial charge in [-0.1, -0.05) is 11.6 Å². The van der Waals surface area contributed by atoms with Crippen molar-refractivity contribution in [1.29, 1.82) is 5.26 Å². The Labute approximate surface area is 104 Å². The van der Waals surface area contributed by atoms with Crippen molar-refractivity contribution >= 4 is 34.8 Å². The Balaban J connectivity index is 2.76. The molecule has 0 fully saturated rings. The second kappa shape index (κ2) is 6.37. The molecule has 0 atom stereocenters. The molecule has 0 unspecified atom stereocenters. The minimum absolute atomic E-state index is 0.167. The number of anilines is 1. The zero-order chi connectivity index (χ0) is 12.0. The van der Waals surface area contributed by atoms with Gasteiger partial charge in [0.1, 0.15) is 6.07 Å². The predicted molar refractivity (Wildman–Crippen MR) is 64.8 cm³/mol. The highest BCUT2D eigenvalue weighted by molar-refractivity contribution is 6.31. The first-order valence-corrected chi connectivity index (χ1v) is 5.64. The number of carbonyl (C=O) groups is 1. The number of nitrogens with one attached hydrogen (secondary N) is 1. The molecule has 0 radical (unpaired) electrons. The topological polar surface area (TPSA) is 52.9 Å². The van der Waals surface area contributed by atoms with Crippen LogP contribution in [-0.4, -0.2) is 11.8 Å². The monoisotopic (exact) mass is 256 g/mol. The lowest BCUT2D eigenvalue weighted by atomic mass is 10.2. The van der Waals surface area contributed by atoms with E-state index in [2.05, 4.69) is 5.32 Å². The molecule has 0 aliphatic heterocycles. The lowest BCUT2D eigenvalue weighted by molar-refractivity contribution is -0.116. The van der Waals surface area contributed by atoms with Crippen LogP contribution in [0.5, 0.6) is 0 Å². The molecule has 1 N–H and O–H groups in total. The summed E-state index contributed by atoms with van der Waals surface area (Å²) in [7, 11) is 0. The van der Waals surface area contributed by atoms with E-state index in [1.807, 2.05) is 6.07 Å². The second-order valence-corrected chi connectivity index (χ2v) is 3.96. The van der Waals surface area contributed by atoms with Crippen LogP contribution in [0.25, 0.3) is 0 Å². The highest BCUT2D eigenvalue weighted by atomic mass is 35.5. The largest absolute Gasteiger partial charge is 0.325 e. The summed E-state index contributed by atoms with van der Waals surface area (Å²) < 4.78 is 0. The molecule has 0 heterocycles. The summed E-state index contributed by atoms with van der Waals surface area (Å²) in [5.74, 6) is 0.271. The van der Waals surface area contributed by atoms with Gasteiger partial charge in [-0.25, -0.2) is 0 Å². The maximum Gasteiger partial charge on any atom is 0.224 e. The number of nitrogens with zero attached hydrogens (tertiary/aromatic N) is 1. The van der Waals surface area contributed by atoms with Crippen molar-refractivity contribution in [2.75, 3.05) is 11.2 Å². The Kier molecular flexibility index (Phi) is 5.10. The molecule has 0 bridgehead atoms. The number of nitriles is 1. The molecule has 84 valence electrons. The lowest BCUT2D eigenvalue weighted by Gasteiger charge is -2.06. The highest BCUT2D eigenvalue weighted by Crippen LogP contribution is 2.20. The number of halogens is 2. The van der Waals surface area contributed by atoms with E-state index in [4.69, 9.17) is 28.5 Å². The van der Waals surface area contributed by atoms with Crippen molar-refractivity contribution in [3.05, 3.63) is 28.8 Å². The van der Waals surface area contributed by atoms with Gasteiger partial charge in [0.15, 0.2) is 0 Å². The molecule has 1 aromatic rings. The average Bonchev–Trinajstić information content (AvgIpc) is 2.27. The molecular formula is C11H10Cl2N2O. The van der Waals surface area contributed by atoms with Crippen molar-refractivity contribution in [3.63, 3.8) is 0 Å². The van der Waals surface area contributed by atoms with Crippen LogP contribution in [0.1, 0.15) is 18.4 Å². The first-order chi connectivity index (χ1) is 7.67. The summed E-state index contributed by atoms with van der Waals surface area (Å²) in [5, 5.41) is 11.9. The third-order valence-electron chi connectivity index (χ3n) is 1.91. The minimum Gasteiger partial charge on any atom is -0.325 e. The van der Waals surface area contributed by atoms with Crippen molar-refractivity contribution in [2.45, 2.75) is 12.8 Å². The molecule has 0 aliphatic rings. The van der Waals surface area contributed by atoms with Crippen LogP contribution >= 0.6 is 23.2 Å². The van der Waals surface area contributed by atoms with Gasteiger partial charge >= 0.3 is 0 Å². The standard InChI is InChI=1S/C11H10Cl2N2O/c12-5-1-2-11(16)15-10-6-9(13)4-3-8(10)7-14/h3-4,6H,1-2,5H2,(H,15,16). The third-order valence-corrected chi connectivity index (χ3v) is 2.42. The fraction of sp³-hybridized carbons (Fsp3) is 0.273. The van der Waals surface area contributed by atoms with Crippen LogP contribution in [0.15, 0.2) is 18.2 Å². The molecule has 1 aromatic carbocycles. The molecule has 5 heteroatoms. The van der Waals surface area contributed by atoms with Crippen molar-refractivity contribution in [2.24, 2.45) is 0 Å². The number of alkyl halides is 1. The first kappa shape index (κ1) is 12.8. The zero-order valence-electron chi connectivity index (χ0n) is 8.46. The molecule has 16 heavy (non-hydrogen) atoms. The van der Waals surface area contributed by atoms with E-state index in [1.165, 1.54) is 0 Å². The Morgan fingerprint density at radius 2 is 2.25 bits per heavy atom. The van der Waals surface area contributed by atoms with Crippen LogP contribution in [-0.2, 0) is 4.79 Å². The number of carbonyl (C=O) groups excluding carboxylic acids is 1. The van der Waals surface area contributed by atoms with Crippen molar-refractivity contribution in [1.82, 2.24) is 0 Å². The number of amides is 1. The van der Waals surface area contributed by atoms with Crippen molar-refractivity contribution in [3.8, 4) is 6.07 Å². The summed E-state index contributed by atoms with van der Waals surface area (Å²) >= 11 is 11.3. The van der Waals surface area contributed by atoms with Gasteiger partial charge in [0.25, 0.3) is 0 Å². The molecule has 3 nitrogen and oxygen atoms in total. The highest BCUT2D eigenvalue weighted by Gasteiger charge is 2.07. The van der Waals surface area contributed by atoms with Gasteiger partial charge in [-0.15, -0.1) is 11.6 Å². The van der Waals surface area contributed by atoms with Gasteiger partial charge in [-0.3, -0.25) is 4.79 Å². The number of hydrogen-bond acceptors (Lipinski definition) is 2. The van der Waals surface area contributed by atoms with Crippen LogP contribution in [0.3, 0.4) is 0 Å². The Bertz CT molecular complexity index is 426. The van der Waals surface area contributed by atoms with Gasteiger partial charge in [0.05, 0.1) is 11.3 Å². The fourth-order valence-corrected chi connectivity index (χ4v) is 1.46. The summed E-state index contributed by atoms with van der Waals surface area (Å²) in [4.78, 5) is 11.4. The molecule has 0 aromatic heterocycles. The van der Waals surface area contributed by atoms with Crippen molar-refractivity contribution < 1.29 is 4.79 Å².